The molecular formula is C24H27N3O3. The molecule has 2 atom stereocenters. The molecule has 1 aliphatic rings. The minimum atomic E-state index is -0.706. The summed E-state index contributed by atoms with van der Waals surface area (Å²) in [6.07, 6.45) is 1.46. The number of hydrogen-bond donors (Lipinski definition) is 1. The first-order chi connectivity index (χ1) is 14.6. The molecule has 0 aliphatic carbocycles. The summed E-state index contributed by atoms with van der Waals surface area (Å²) in [6.45, 7) is 7.42. The molecule has 1 saturated heterocycles. The first-order valence-electron chi connectivity index (χ1n) is 10.3. The molecule has 0 unspecified atom stereocenters. The maximum atomic E-state index is 12.4. The maximum absolute atomic E-state index is 12.4. The molecular weight excluding hydrogens is 378 g/mol. The lowest BCUT2D eigenvalue weighted by molar-refractivity contribution is -0.127. The van der Waals surface area contributed by atoms with E-state index < -0.39 is 6.10 Å². The van der Waals surface area contributed by atoms with E-state index in [0.717, 1.165) is 28.2 Å². The molecule has 1 aliphatic heterocycles. The second-order valence-corrected chi connectivity index (χ2v) is 7.79. The van der Waals surface area contributed by atoms with Crippen LogP contribution in [0.2, 0.25) is 0 Å². The van der Waals surface area contributed by atoms with Gasteiger partial charge in [0.05, 0.1) is 17.6 Å². The zero-order chi connectivity index (χ0) is 21.1. The number of hydrogen-bond acceptors (Lipinski definition) is 4. The lowest BCUT2D eigenvalue weighted by Gasteiger charge is -2.19. The van der Waals surface area contributed by atoms with Crippen LogP contribution in [0.5, 0.6) is 5.75 Å². The SMILES string of the molecule is C=CCN1C[C@H](c2nc3ccccc3n2C[C@@H](O)COc2ccccc2C)CC1=O. The number of fused-ring (bicyclic) bond motifs is 1. The van der Waals surface area contributed by atoms with Crippen LogP contribution in [0.3, 0.4) is 0 Å². The average Bonchev–Trinajstić information content (AvgIpc) is 3.28. The summed E-state index contributed by atoms with van der Waals surface area (Å²) in [6, 6.07) is 15.6. The van der Waals surface area contributed by atoms with Crippen molar-refractivity contribution in [3.05, 3.63) is 72.6 Å². The number of aliphatic hydroxyl groups is 1. The van der Waals surface area contributed by atoms with E-state index in [1.165, 1.54) is 0 Å². The number of benzene rings is 2. The molecule has 0 bridgehead atoms. The predicted molar refractivity (Wildman–Crippen MR) is 117 cm³/mol. The van der Waals surface area contributed by atoms with E-state index >= 15 is 0 Å². The Morgan fingerprint density at radius 2 is 2.03 bits per heavy atom. The van der Waals surface area contributed by atoms with Crippen molar-refractivity contribution in [3.8, 4) is 5.75 Å². The maximum Gasteiger partial charge on any atom is 0.223 e. The molecule has 1 amide bonds. The highest BCUT2D eigenvalue weighted by Gasteiger charge is 2.33. The number of amides is 1. The van der Waals surface area contributed by atoms with Gasteiger partial charge < -0.3 is 19.3 Å². The van der Waals surface area contributed by atoms with E-state index in [9.17, 15) is 9.90 Å². The third-order valence-electron chi connectivity index (χ3n) is 5.53. The Balaban J connectivity index is 1.55. The Morgan fingerprint density at radius 3 is 2.83 bits per heavy atom. The number of nitrogens with zero attached hydrogens (tertiary/aromatic N) is 3. The van der Waals surface area contributed by atoms with Crippen LogP contribution < -0.4 is 4.74 Å². The number of aliphatic hydroxyl groups excluding tert-OH is 1. The van der Waals surface area contributed by atoms with Gasteiger partial charge in [-0.05, 0) is 30.7 Å². The van der Waals surface area contributed by atoms with Crippen LogP contribution in [0.4, 0.5) is 0 Å². The molecule has 0 spiro atoms. The van der Waals surface area contributed by atoms with Gasteiger partial charge >= 0.3 is 0 Å². The second kappa shape index (κ2) is 8.71. The molecule has 4 rings (SSSR count). The fourth-order valence-corrected chi connectivity index (χ4v) is 4.04. The van der Waals surface area contributed by atoms with Gasteiger partial charge in [0, 0.05) is 25.4 Å². The first kappa shape index (κ1) is 20.2. The number of carbonyl (C=O) groups excluding carboxylic acids is 1. The number of carbonyl (C=O) groups is 1. The second-order valence-electron chi connectivity index (χ2n) is 7.79. The largest absolute Gasteiger partial charge is 0.491 e. The summed E-state index contributed by atoms with van der Waals surface area (Å²) in [5, 5.41) is 10.7. The molecule has 0 saturated carbocycles. The summed E-state index contributed by atoms with van der Waals surface area (Å²) in [4.78, 5) is 19.0. The number of para-hydroxylation sites is 3. The molecule has 30 heavy (non-hydrogen) atoms. The van der Waals surface area contributed by atoms with E-state index in [2.05, 4.69) is 6.58 Å². The molecule has 1 N–H and O–H groups in total. The van der Waals surface area contributed by atoms with Crippen LogP contribution in [0.25, 0.3) is 11.0 Å². The van der Waals surface area contributed by atoms with Crippen molar-refractivity contribution >= 4 is 16.9 Å². The van der Waals surface area contributed by atoms with E-state index in [0.29, 0.717) is 26.1 Å². The lowest BCUT2D eigenvalue weighted by Crippen LogP contribution is -2.26. The Bertz CT molecular complexity index is 1060. The average molecular weight is 405 g/mol. The van der Waals surface area contributed by atoms with Crippen molar-refractivity contribution in [2.75, 3.05) is 19.7 Å². The van der Waals surface area contributed by atoms with E-state index in [1.807, 2.05) is 60.0 Å². The molecule has 1 fully saturated rings. The van der Waals surface area contributed by atoms with E-state index in [-0.39, 0.29) is 18.4 Å². The summed E-state index contributed by atoms with van der Waals surface area (Å²) < 4.78 is 7.87. The summed E-state index contributed by atoms with van der Waals surface area (Å²) in [5.74, 6) is 1.72. The van der Waals surface area contributed by atoms with Gasteiger partial charge in [-0.25, -0.2) is 4.98 Å². The number of aryl methyl sites for hydroxylation is 1. The van der Waals surface area contributed by atoms with Crippen molar-refractivity contribution < 1.29 is 14.6 Å². The Kier molecular flexibility index (Phi) is 5.86. The summed E-state index contributed by atoms with van der Waals surface area (Å²) in [7, 11) is 0. The van der Waals surface area contributed by atoms with Crippen LogP contribution in [-0.4, -0.2) is 51.3 Å². The highest BCUT2D eigenvalue weighted by Crippen LogP contribution is 2.30. The Morgan fingerprint density at radius 1 is 1.27 bits per heavy atom. The first-order valence-corrected chi connectivity index (χ1v) is 10.3. The van der Waals surface area contributed by atoms with Crippen molar-refractivity contribution in [1.29, 1.82) is 0 Å². The van der Waals surface area contributed by atoms with Crippen LogP contribution in [-0.2, 0) is 11.3 Å². The van der Waals surface area contributed by atoms with Crippen molar-refractivity contribution in [2.24, 2.45) is 0 Å². The molecule has 156 valence electrons. The fraction of sp³-hybridized carbons (Fsp3) is 0.333. The minimum Gasteiger partial charge on any atom is -0.491 e. The number of likely N-dealkylation sites (tertiary alicyclic amines) is 1. The third kappa shape index (κ3) is 4.09. The van der Waals surface area contributed by atoms with Crippen molar-refractivity contribution in [2.45, 2.75) is 31.9 Å². The Hall–Kier alpha value is -3.12. The number of ether oxygens (including phenoxy) is 1. The smallest absolute Gasteiger partial charge is 0.223 e. The van der Waals surface area contributed by atoms with Crippen LogP contribution in [0.15, 0.2) is 61.2 Å². The molecule has 3 aromatic rings. The molecule has 6 heteroatoms. The van der Waals surface area contributed by atoms with Gasteiger partial charge in [0.25, 0.3) is 0 Å². The summed E-state index contributed by atoms with van der Waals surface area (Å²) >= 11 is 0. The minimum absolute atomic E-state index is 0.00524. The van der Waals surface area contributed by atoms with Gasteiger partial charge in [0.2, 0.25) is 5.91 Å². The molecule has 0 radical (unpaired) electrons. The van der Waals surface area contributed by atoms with Gasteiger partial charge in [0.15, 0.2) is 0 Å². The normalized spacial score (nSPS) is 17.5. The fourth-order valence-electron chi connectivity index (χ4n) is 4.04. The highest BCUT2D eigenvalue weighted by molar-refractivity contribution is 5.81. The number of aromatic nitrogens is 2. The zero-order valence-electron chi connectivity index (χ0n) is 17.2. The number of imidazole rings is 1. The number of rotatable bonds is 8. The molecule has 1 aromatic heterocycles. The van der Waals surface area contributed by atoms with Crippen LogP contribution in [0, 0.1) is 6.92 Å². The van der Waals surface area contributed by atoms with Gasteiger partial charge in [-0.3, -0.25) is 4.79 Å². The Labute approximate surface area is 176 Å². The summed E-state index contributed by atoms with van der Waals surface area (Å²) in [5.41, 5.74) is 2.86. The highest BCUT2D eigenvalue weighted by atomic mass is 16.5. The van der Waals surface area contributed by atoms with E-state index in [4.69, 9.17) is 9.72 Å². The van der Waals surface area contributed by atoms with Gasteiger partial charge in [-0.1, -0.05) is 36.4 Å². The lowest BCUT2D eigenvalue weighted by atomic mass is 10.1. The molecule has 2 heterocycles. The van der Waals surface area contributed by atoms with Gasteiger partial charge in [-0.15, -0.1) is 6.58 Å². The van der Waals surface area contributed by atoms with Gasteiger partial charge in [-0.2, -0.15) is 0 Å². The quantitative estimate of drug-likeness (QED) is 0.584. The van der Waals surface area contributed by atoms with E-state index in [1.54, 1.807) is 11.0 Å². The third-order valence-corrected chi connectivity index (χ3v) is 5.53. The standard InChI is InChI=1S/C24H27N3O3/c1-3-12-26-14-18(13-23(26)29)24-25-20-9-5-6-10-21(20)27(24)15-19(28)16-30-22-11-7-4-8-17(22)2/h3-11,18-19,28H,1,12-16H2,2H3/t18-,19-/m1/s1. The van der Waals surface area contributed by atoms with Gasteiger partial charge in [0.1, 0.15) is 24.3 Å². The van der Waals surface area contributed by atoms with Crippen molar-refractivity contribution in [1.82, 2.24) is 14.5 Å². The molecule has 2 aromatic carbocycles. The van der Waals surface area contributed by atoms with Crippen LogP contribution >= 0.6 is 0 Å². The zero-order valence-corrected chi connectivity index (χ0v) is 17.2. The predicted octanol–water partition coefficient (Wildman–Crippen LogP) is 3.29. The molecule has 6 nitrogen and oxygen atoms in total. The van der Waals surface area contributed by atoms with Crippen LogP contribution in [0.1, 0.15) is 23.7 Å². The van der Waals surface area contributed by atoms with Crippen molar-refractivity contribution in [3.63, 3.8) is 0 Å². The topological polar surface area (TPSA) is 67.6 Å². The monoisotopic (exact) mass is 405 g/mol.